The van der Waals surface area contributed by atoms with Gasteiger partial charge in [-0.3, -0.25) is 0 Å². The average Bonchev–Trinajstić information content (AvgIpc) is 2.66. The molecule has 144 valence electrons. The molecule has 27 heavy (non-hydrogen) atoms. The first-order valence-electron chi connectivity index (χ1n) is 8.52. The molecule has 5 heteroatoms. The Morgan fingerprint density at radius 3 is 1.89 bits per heavy atom. The predicted molar refractivity (Wildman–Crippen MR) is 106 cm³/mol. The quantitative estimate of drug-likeness (QED) is 0.422. The number of esters is 1. The summed E-state index contributed by atoms with van der Waals surface area (Å²) in [6.07, 6.45) is 0. The normalized spacial score (nSPS) is 10.9. The molecule has 0 aliphatic carbocycles. The molecule has 0 aliphatic heterocycles. The van der Waals surface area contributed by atoms with Crippen molar-refractivity contribution in [3.05, 3.63) is 54.1 Å². The number of carbonyl (C=O) groups is 1. The Labute approximate surface area is 160 Å². The third kappa shape index (κ3) is 4.82. The highest BCUT2D eigenvalue weighted by Gasteiger charge is 2.23. The molecule has 0 N–H and O–H groups in total. The molecule has 0 unspecified atom stereocenters. The van der Waals surface area contributed by atoms with Gasteiger partial charge < -0.3 is 18.9 Å². The van der Waals surface area contributed by atoms with Gasteiger partial charge in [0, 0.05) is 11.6 Å². The van der Waals surface area contributed by atoms with Crippen LogP contribution in [0, 0.1) is 0 Å². The zero-order chi connectivity index (χ0) is 20.2. The van der Waals surface area contributed by atoms with E-state index in [-0.39, 0.29) is 11.0 Å². The van der Waals surface area contributed by atoms with E-state index in [0.717, 1.165) is 5.56 Å². The second kappa shape index (κ2) is 8.16. The van der Waals surface area contributed by atoms with Gasteiger partial charge in [0.25, 0.3) is 0 Å². The van der Waals surface area contributed by atoms with Gasteiger partial charge in [-0.1, -0.05) is 27.4 Å². The van der Waals surface area contributed by atoms with Crippen LogP contribution in [0.5, 0.6) is 23.0 Å². The van der Waals surface area contributed by atoms with Crippen LogP contribution in [-0.2, 0) is 10.2 Å². The van der Waals surface area contributed by atoms with Crippen LogP contribution >= 0.6 is 0 Å². The molecule has 0 spiro atoms. The lowest BCUT2D eigenvalue weighted by atomic mass is 9.86. The van der Waals surface area contributed by atoms with Gasteiger partial charge in [0.2, 0.25) is 0 Å². The molecule has 0 radical (unpaired) electrons. The standard InChI is InChI=1S/C22H26O5/c1-14(15-10-17(25-6)12-18(11-15)26-7)21(23)27-20-9-8-16(24-5)13-19(20)22(2,3)4/h8-13H,1H2,2-7H3. The number of benzene rings is 2. The van der Waals surface area contributed by atoms with Gasteiger partial charge in [-0.05, 0) is 41.3 Å². The van der Waals surface area contributed by atoms with Crippen molar-refractivity contribution in [3.63, 3.8) is 0 Å². The minimum Gasteiger partial charge on any atom is -0.497 e. The Morgan fingerprint density at radius 1 is 0.852 bits per heavy atom. The van der Waals surface area contributed by atoms with Gasteiger partial charge in [-0.25, -0.2) is 4.79 Å². The van der Waals surface area contributed by atoms with Crippen LogP contribution < -0.4 is 18.9 Å². The molecule has 0 saturated carbocycles. The topological polar surface area (TPSA) is 54.0 Å². The number of hydrogen-bond donors (Lipinski definition) is 0. The second-order valence-electron chi connectivity index (χ2n) is 7.08. The number of hydrogen-bond acceptors (Lipinski definition) is 5. The average molecular weight is 370 g/mol. The highest BCUT2D eigenvalue weighted by Crippen LogP contribution is 2.35. The molecule has 2 rings (SSSR count). The molecule has 0 aromatic heterocycles. The molecule has 0 amide bonds. The van der Waals surface area contributed by atoms with Gasteiger partial charge in [-0.15, -0.1) is 0 Å². The number of rotatable bonds is 6. The van der Waals surface area contributed by atoms with E-state index in [1.54, 1.807) is 51.7 Å². The Bertz CT molecular complexity index is 824. The third-order valence-corrected chi connectivity index (χ3v) is 4.14. The van der Waals surface area contributed by atoms with Crippen molar-refractivity contribution in [3.8, 4) is 23.0 Å². The van der Waals surface area contributed by atoms with Crippen molar-refractivity contribution in [2.24, 2.45) is 0 Å². The highest BCUT2D eigenvalue weighted by molar-refractivity contribution is 6.16. The molecule has 5 nitrogen and oxygen atoms in total. The summed E-state index contributed by atoms with van der Waals surface area (Å²) in [6, 6.07) is 10.5. The summed E-state index contributed by atoms with van der Waals surface area (Å²) in [5.74, 6) is 1.78. The monoisotopic (exact) mass is 370 g/mol. The first-order chi connectivity index (χ1) is 12.7. The minimum absolute atomic E-state index is 0.211. The Balaban J connectivity index is 2.34. The molecule has 0 heterocycles. The molecule has 2 aromatic rings. The Hall–Kier alpha value is -2.95. The first-order valence-corrected chi connectivity index (χ1v) is 8.52. The lowest BCUT2D eigenvalue weighted by Crippen LogP contribution is -2.17. The van der Waals surface area contributed by atoms with Crippen molar-refractivity contribution >= 4 is 11.5 Å². The van der Waals surface area contributed by atoms with Crippen LogP contribution in [0.15, 0.2) is 43.0 Å². The largest absolute Gasteiger partial charge is 0.497 e. The van der Waals surface area contributed by atoms with Gasteiger partial charge in [0.15, 0.2) is 0 Å². The fourth-order valence-corrected chi connectivity index (χ4v) is 2.57. The van der Waals surface area contributed by atoms with Crippen molar-refractivity contribution < 1.29 is 23.7 Å². The number of methoxy groups -OCH3 is 3. The van der Waals surface area contributed by atoms with Crippen LogP contribution in [0.2, 0.25) is 0 Å². The fraction of sp³-hybridized carbons (Fsp3) is 0.318. The molecule has 2 aromatic carbocycles. The van der Waals surface area contributed by atoms with Crippen molar-refractivity contribution in [1.29, 1.82) is 0 Å². The molecule has 0 bridgehead atoms. The van der Waals surface area contributed by atoms with E-state index in [1.165, 1.54) is 0 Å². The summed E-state index contributed by atoms with van der Waals surface area (Å²) < 4.78 is 21.4. The summed E-state index contributed by atoms with van der Waals surface area (Å²) >= 11 is 0. The Morgan fingerprint density at radius 2 is 1.41 bits per heavy atom. The van der Waals surface area contributed by atoms with Gasteiger partial charge in [0.05, 0.1) is 26.9 Å². The van der Waals surface area contributed by atoms with Crippen molar-refractivity contribution in [2.75, 3.05) is 21.3 Å². The maximum Gasteiger partial charge on any atom is 0.343 e. The fourth-order valence-electron chi connectivity index (χ4n) is 2.57. The van der Waals surface area contributed by atoms with Crippen molar-refractivity contribution in [1.82, 2.24) is 0 Å². The van der Waals surface area contributed by atoms with Gasteiger partial charge in [-0.2, -0.15) is 0 Å². The number of carbonyl (C=O) groups excluding carboxylic acids is 1. The lowest BCUT2D eigenvalue weighted by Gasteiger charge is -2.23. The zero-order valence-electron chi connectivity index (χ0n) is 16.7. The van der Waals surface area contributed by atoms with Crippen LogP contribution in [0.3, 0.4) is 0 Å². The first kappa shape index (κ1) is 20.4. The molecule has 0 fully saturated rings. The van der Waals surface area contributed by atoms with E-state index < -0.39 is 5.97 Å². The minimum atomic E-state index is -0.541. The maximum absolute atomic E-state index is 12.7. The Kier molecular flexibility index (Phi) is 6.16. The summed E-state index contributed by atoms with van der Waals surface area (Å²) in [7, 11) is 4.70. The molecule has 0 saturated heterocycles. The third-order valence-electron chi connectivity index (χ3n) is 4.14. The van der Waals surface area contributed by atoms with Gasteiger partial charge in [0.1, 0.15) is 23.0 Å². The zero-order valence-corrected chi connectivity index (χ0v) is 16.7. The van der Waals surface area contributed by atoms with E-state index in [0.29, 0.717) is 28.6 Å². The van der Waals surface area contributed by atoms with Crippen LogP contribution in [-0.4, -0.2) is 27.3 Å². The van der Waals surface area contributed by atoms with E-state index in [9.17, 15) is 4.79 Å². The van der Waals surface area contributed by atoms with Crippen molar-refractivity contribution in [2.45, 2.75) is 26.2 Å². The van der Waals surface area contributed by atoms with E-state index in [1.807, 2.05) is 26.8 Å². The van der Waals surface area contributed by atoms with Gasteiger partial charge >= 0.3 is 5.97 Å². The van der Waals surface area contributed by atoms with Crippen LogP contribution in [0.1, 0.15) is 31.9 Å². The van der Waals surface area contributed by atoms with E-state index in [4.69, 9.17) is 18.9 Å². The molecule has 0 atom stereocenters. The summed E-state index contributed by atoms with van der Waals surface area (Å²) in [4.78, 5) is 12.7. The molecular formula is C22H26O5. The molecular weight excluding hydrogens is 344 g/mol. The predicted octanol–water partition coefficient (Wildman–Crippen LogP) is 4.63. The summed E-state index contributed by atoms with van der Waals surface area (Å²) in [5.41, 5.74) is 1.42. The van der Waals surface area contributed by atoms with E-state index in [2.05, 4.69) is 6.58 Å². The van der Waals surface area contributed by atoms with Crippen LogP contribution in [0.4, 0.5) is 0 Å². The van der Waals surface area contributed by atoms with Crippen LogP contribution in [0.25, 0.3) is 5.57 Å². The summed E-state index contributed by atoms with van der Waals surface area (Å²) in [6.45, 7) is 10.0. The summed E-state index contributed by atoms with van der Waals surface area (Å²) in [5, 5.41) is 0. The highest BCUT2D eigenvalue weighted by atomic mass is 16.5. The SMILES string of the molecule is C=C(C(=O)Oc1ccc(OC)cc1C(C)(C)C)c1cc(OC)cc(OC)c1. The van der Waals surface area contributed by atoms with E-state index >= 15 is 0 Å². The molecule has 0 aliphatic rings. The maximum atomic E-state index is 12.7. The second-order valence-corrected chi connectivity index (χ2v) is 7.08. The number of ether oxygens (including phenoxy) is 4. The lowest BCUT2D eigenvalue weighted by molar-refractivity contribution is -0.128. The smallest absolute Gasteiger partial charge is 0.343 e.